The van der Waals surface area contributed by atoms with E-state index in [9.17, 15) is 0 Å². The molecule has 0 fully saturated rings. The summed E-state index contributed by atoms with van der Waals surface area (Å²) in [5.74, 6) is 0. The molecule has 2 rings (SSSR count). The summed E-state index contributed by atoms with van der Waals surface area (Å²) in [5, 5.41) is 0. The van der Waals surface area contributed by atoms with Crippen LogP contribution in [0.1, 0.15) is 19.3 Å². The Labute approximate surface area is 55.6 Å². The molecule has 0 aliphatic heterocycles. The van der Waals surface area contributed by atoms with E-state index in [0.29, 0.717) is 0 Å². The molecule has 0 nitrogen and oxygen atoms in total. The average Bonchev–Trinajstić information content (AvgIpc) is 2.33. The molecular weight excluding hydrogens is 108 g/mol. The predicted octanol–water partition coefficient (Wildman–Crippen LogP) is 2.59. The van der Waals surface area contributed by atoms with Crippen LogP contribution in [-0.4, -0.2) is 0 Å². The van der Waals surface area contributed by atoms with Crippen molar-refractivity contribution in [1.29, 1.82) is 0 Å². The molecule has 0 unspecified atom stereocenters. The number of allylic oxidation sites excluding steroid dienone is 6. The van der Waals surface area contributed by atoms with Gasteiger partial charge in [0.2, 0.25) is 0 Å². The maximum Gasteiger partial charge on any atom is -0.0265 e. The molecule has 0 radical (unpaired) electrons. The van der Waals surface area contributed by atoms with Crippen LogP contribution < -0.4 is 0 Å². The minimum absolute atomic E-state index is 1.27. The van der Waals surface area contributed by atoms with Gasteiger partial charge in [0.15, 0.2) is 0 Å². The van der Waals surface area contributed by atoms with Gasteiger partial charge in [-0.05, 0) is 30.4 Å². The zero-order valence-electron chi connectivity index (χ0n) is 5.43. The van der Waals surface area contributed by atoms with Crippen LogP contribution in [0.25, 0.3) is 0 Å². The van der Waals surface area contributed by atoms with Crippen molar-refractivity contribution in [2.24, 2.45) is 0 Å². The second kappa shape index (κ2) is 1.87. The van der Waals surface area contributed by atoms with Crippen molar-refractivity contribution in [3.63, 3.8) is 0 Å². The molecule has 0 heteroatoms. The number of fused-ring (bicyclic) bond motifs is 1. The summed E-state index contributed by atoms with van der Waals surface area (Å²) in [5.41, 5.74) is 3.02. The lowest BCUT2D eigenvalue weighted by Crippen LogP contribution is -1.90. The maximum atomic E-state index is 2.33. The fourth-order valence-corrected chi connectivity index (χ4v) is 1.45. The van der Waals surface area contributed by atoms with Gasteiger partial charge in [0, 0.05) is 0 Å². The second-order valence-electron chi connectivity index (χ2n) is 2.60. The van der Waals surface area contributed by atoms with E-state index in [1.807, 2.05) is 0 Å². The van der Waals surface area contributed by atoms with E-state index >= 15 is 0 Å². The molecule has 0 bridgehead atoms. The van der Waals surface area contributed by atoms with E-state index in [4.69, 9.17) is 0 Å². The van der Waals surface area contributed by atoms with Gasteiger partial charge in [-0.15, -0.1) is 0 Å². The largest absolute Gasteiger partial charge is 0.0770 e. The van der Waals surface area contributed by atoms with Crippen LogP contribution in [0, 0.1) is 0 Å². The fourth-order valence-electron chi connectivity index (χ4n) is 1.45. The van der Waals surface area contributed by atoms with Crippen LogP contribution in [0.3, 0.4) is 0 Å². The molecule has 0 atom stereocenters. The van der Waals surface area contributed by atoms with Gasteiger partial charge in [0.1, 0.15) is 0 Å². The van der Waals surface area contributed by atoms with Crippen molar-refractivity contribution in [2.45, 2.75) is 19.3 Å². The van der Waals surface area contributed by atoms with E-state index in [1.165, 1.54) is 24.8 Å². The average molecular weight is 118 g/mol. The molecule has 2 aliphatic carbocycles. The molecule has 0 heterocycles. The van der Waals surface area contributed by atoms with Crippen molar-refractivity contribution in [3.8, 4) is 0 Å². The van der Waals surface area contributed by atoms with Gasteiger partial charge in [0.25, 0.3) is 0 Å². The Bertz CT molecular complexity index is 204. The topological polar surface area (TPSA) is 0 Å². The van der Waals surface area contributed by atoms with E-state index in [-0.39, 0.29) is 0 Å². The summed E-state index contributed by atoms with van der Waals surface area (Å²) < 4.78 is 0. The van der Waals surface area contributed by atoms with Crippen LogP contribution in [0.15, 0.2) is 35.5 Å². The molecule has 0 saturated carbocycles. The summed E-state index contributed by atoms with van der Waals surface area (Å²) in [6.45, 7) is 0. The Hall–Kier alpha value is -0.780. The molecule has 0 N–H and O–H groups in total. The molecule has 0 aromatic heterocycles. The highest BCUT2D eigenvalue weighted by molar-refractivity contribution is 5.49. The first-order chi connectivity index (χ1) is 4.47. The number of rotatable bonds is 0. The summed E-state index contributed by atoms with van der Waals surface area (Å²) in [6, 6.07) is 0. The van der Waals surface area contributed by atoms with E-state index in [2.05, 4.69) is 24.3 Å². The Morgan fingerprint density at radius 3 is 3.22 bits per heavy atom. The second-order valence-corrected chi connectivity index (χ2v) is 2.60. The third kappa shape index (κ3) is 0.748. The molecule has 2 aliphatic rings. The Kier molecular flexibility index (Phi) is 1.05. The van der Waals surface area contributed by atoms with Gasteiger partial charge in [0.05, 0.1) is 0 Å². The monoisotopic (exact) mass is 118 g/mol. The zero-order chi connectivity index (χ0) is 6.10. The zero-order valence-corrected chi connectivity index (χ0v) is 5.43. The van der Waals surface area contributed by atoms with Gasteiger partial charge < -0.3 is 0 Å². The number of hydrogen-bond donors (Lipinski definition) is 0. The molecule has 0 amide bonds. The summed E-state index contributed by atoms with van der Waals surface area (Å²) in [4.78, 5) is 0. The highest BCUT2D eigenvalue weighted by atomic mass is 14.1. The van der Waals surface area contributed by atoms with Gasteiger partial charge in [-0.25, -0.2) is 0 Å². The Morgan fingerprint density at radius 2 is 2.33 bits per heavy atom. The van der Waals surface area contributed by atoms with Crippen LogP contribution in [0.5, 0.6) is 0 Å². The minimum Gasteiger partial charge on any atom is -0.0770 e. The quantitative estimate of drug-likeness (QED) is 0.458. The van der Waals surface area contributed by atoms with Gasteiger partial charge >= 0.3 is 0 Å². The van der Waals surface area contributed by atoms with Gasteiger partial charge in [-0.1, -0.05) is 24.3 Å². The lowest BCUT2D eigenvalue weighted by molar-refractivity contribution is 0.812. The van der Waals surface area contributed by atoms with Gasteiger partial charge in [-0.3, -0.25) is 0 Å². The van der Waals surface area contributed by atoms with E-state index in [0.717, 1.165) is 0 Å². The normalized spacial score (nSPS) is 23.1. The minimum atomic E-state index is 1.27. The van der Waals surface area contributed by atoms with E-state index < -0.39 is 0 Å². The van der Waals surface area contributed by atoms with Crippen molar-refractivity contribution in [2.75, 3.05) is 0 Å². The van der Waals surface area contributed by atoms with Crippen molar-refractivity contribution >= 4 is 0 Å². The molecule has 0 aromatic rings. The maximum absolute atomic E-state index is 2.33. The van der Waals surface area contributed by atoms with Gasteiger partial charge in [-0.2, -0.15) is 0 Å². The highest BCUT2D eigenvalue weighted by Crippen LogP contribution is 2.28. The van der Waals surface area contributed by atoms with Crippen LogP contribution in [-0.2, 0) is 0 Å². The molecule has 0 aromatic carbocycles. The fraction of sp³-hybridized carbons (Fsp3) is 0.333. The lowest BCUT2D eigenvalue weighted by Gasteiger charge is -2.09. The first kappa shape index (κ1) is 5.04. The van der Waals surface area contributed by atoms with Crippen molar-refractivity contribution < 1.29 is 0 Å². The van der Waals surface area contributed by atoms with Crippen molar-refractivity contribution in [3.05, 3.63) is 35.5 Å². The van der Waals surface area contributed by atoms with Crippen LogP contribution >= 0.6 is 0 Å². The lowest BCUT2D eigenvalue weighted by atomic mass is 9.96. The predicted molar refractivity (Wildman–Crippen MR) is 39.2 cm³/mol. The molecule has 0 spiro atoms. The Morgan fingerprint density at radius 1 is 1.33 bits per heavy atom. The first-order valence-corrected chi connectivity index (χ1v) is 3.54. The third-order valence-electron chi connectivity index (χ3n) is 1.96. The molecule has 46 valence electrons. The molecular formula is C9H10. The molecule has 9 heavy (non-hydrogen) atoms. The standard InChI is InChI=1S/C9H10/c1-2-5-9-7-3-6-8(9)4-1/h3-4,6-7H,1-2,5H2. The summed E-state index contributed by atoms with van der Waals surface area (Å²) in [7, 11) is 0. The molecule has 0 saturated heterocycles. The number of hydrogen-bond acceptors (Lipinski definition) is 0. The van der Waals surface area contributed by atoms with Crippen molar-refractivity contribution in [1.82, 2.24) is 0 Å². The SMILES string of the molecule is C1=CC2=CCCCC2=C1. The highest BCUT2D eigenvalue weighted by Gasteiger charge is 2.08. The third-order valence-corrected chi connectivity index (χ3v) is 1.96. The first-order valence-electron chi connectivity index (χ1n) is 3.54. The van der Waals surface area contributed by atoms with Crippen LogP contribution in [0.2, 0.25) is 0 Å². The summed E-state index contributed by atoms with van der Waals surface area (Å²) >= 11 is 0. The van der Waals surface area contributed by atoms with E-state index in [1.54, 1.807) is 5.57 Å². The Balaban J connectivity index is 2.38. The van der Waals surface area contributed by atoms with Crippen LogP contribution in [0.4, 0.5) is 0 Å². The summed E-state index contributed by atoms with van der Waals surface area (Å²) in [6.07, 6.45) is 12.8. The smallest absolute Gasteiger partial charge is 0.0265 e.